The summed E-state index contributed by atoms with van der Waals surface area (Å²) in [4.78, 5) is 7.94. The lowest BCUT2D eigenvalue weighted by molar-refractivity contribution is 1.28. The maximum absolute atomic E-state index is 5.86. The molecule has 82 valence electrons. The minimum atomic E-state index is 0.429. The second-order valence-corrected chi connectivity index (χ2v) is 5.46. The third-order valence-electron chi connectivity index (χ3n) is 1.93. The third kappa shape index (κ3) is 2.56. The molecule has 0 aliphatic carbocycles. The van der Waals surface area contributed by atoms with Crippen molar-refractivity contribution >= 4 is 55.1 Å². The third-order valence-corrected chi connectivity index (χ3v) is 3.61. The van der Waals surface area contributed by atoms with Crippen LogP contribution in [0, 0.1) is 0 Å². The number of aromatic nitrogens is 2. The first kappa shape index (κ1) is 12.3. The van der Waals surface area contributed by atoms with Gasteiger partial charge in [-0.1, -0.05) is 23.2 Å². The summed E-state index contributed by atoms with van der Waals surface area (Å²) in [5.74, 6) is 0. The van der Waals surface area contributed by atoms with E-state index in [1.165, 1.54) is 0 Å². The highest BCUT2D eigenvalue weighted by atomic mass is 79.9. The molecular weight excluding hydrogens is 379 g/mol. The smallest absolute Gasteiger partial charge is 0.129 e. The Morgan fingerprint density at radius 3 is 1.56 bits per heavy atom. The summed E-state index contributed by atoms with van der Waals surface area (Å²) in [5, 5.41) is 0.857. The van der Waals surface area contributed by atoms with E-state index in [4.69, 9.17) is 23.2 Å². The number of hydrogen-bond acceptors (Lipinski definition) is 2. The molecule has 0 radical (unpaired) electrons. The second-order valence-electron chi connectivity index (χ2n) is 2.97. The molecule has 0 aromatic carbocycles. The number of pyridine rings is 2. The molecule has 0 spiro atoms. The van der Waals surface area contributed by atoms with E-state index in [1.807, 2.05) is 0 Å². The molecule has 0 aliphatic heterocycles. The molecule has 0 atom stereocenters. The number of rotatable bonds is 1. The van der Waals surface area contributed by atoms with Gasteiger partial charge in [0.2, 0.25) is 0 Å². The maximum Gasteiger partial charge on any atom is 0.129 e. The van der Waals surface area contributed by atoms with Crippen molar-refractivity contribution in [2.75, 3.05) is 0 Å². The molecule has 2 nitrogen and oxygen atoms in total. The van der Waals surface area contributed by atoms with Crippen LogP contribution in [0.2, 0.25) is 10.3 Å². The number of halogens is 4. The van der Waals surface area contributed by atoms with Crippen molar-refractivity contribution in [3.05, 3.63) is 43.8 Å². The van der Waals surface area contributed by atoms with Crippen molar-refractivity contribution in [2.24, 2.45) is 0 Å². The highest BCUT2D eigenvalue weighted by Gasteiger charge is 2.09. The average molecular weight is 383 g/mol. The highest BCUT2D eigenvalue weighted by Crippen LogP contribution is 2.35. The Kier molecular flexibility index (Phi) is 3.85. The fourth-order valence-corrected chi connectivity index (χ4v) is 2.42. The summed E-state index contributed by atoms with van der Waals surface area (Å²) >= 11 is 18.6. The Balaban J connectivity index is 2.66. The van der Waals surface area contributed by atoms with E-state index in [9.17, 15) is 0 Å². The fourth-order valence-electron chi connectivity index (χ4n) is 1.24. The summed E-state index contributed by atoms with van der Waals surface area (Å²) in [6, 6.07) is 3.53. The molecule has 16 heavy (non-hydrogen) atoms. The van der Waals surface area contributed by atoms with Gasteiger partial charge in [0.25, 0.3) is 0 Å². The van der Waals surface area contributed by atoms with E-state index in [0.717, 1.165) is 20.1 Å². The van der Waals surface area contributed by atoms with Gasteiger partial charge in [-0.3, -0.25) is 0 Å². The molecule has 0 bridgehead atoms. The quantitative estimate of drug-likeness (QED) is 0.650. The SMILES string of the molecule is Clc1cc(-c2cc(Cl)ncc2Br)c(Br)cn1. The van der Waals surface area contributed by atoms with E-state index < -0.39 is 0 Å². The molecule has 0 saturated carbocycles. The summed E-state index contributed by atoms with van der Waals surface area (Å²) in [7, 11) is 0. The monoisotopic (exact) mass is 380 g/mol. The van der Waals surface area contributed by atoms with Crippen molar-refractivity contribution in [3.63, 3.8) is 0 Å². The normalized spacial score (nSPS) is 10.5. The first-order valence-electron chi connectivity index (χ1n) is 4.20. The van der Waals surface area contributed by atoms with Crippen LogP contribution >= 0.6 is 55.1 Å². The summed E-state index contributed by atoms with van der Waals surface area (Å²) < 4.78 is 1.69. The standard InChI is InChI=1S/C10H4Br2Cl2N2/c11-7-3-15-9(13)1-5(7)6-2-10(14)16-4-8(6)12/h1-4H. The first-order chi connectivity index (χ1) is 7.58. The molecule has 6 heteroatoms. The predicted octanol–water partition coefficient (Wildman–Crippen LogP) is 4.98. The molecule has 0 N–H and O–H groups in total. The van der Waals surface area contributed by atoms with Crippen molar-refractivity contribution in [3.8, 4) is 11.1 Å². The molecule has 2 heterocycles. The fraction of sp³-hybridized carbons (Fsp3) is 0. The molecule has 0 amide bonds. The molecule has 0 unspecified atom stereocenters. The Hall–Kier alpha value is -0.160. The van der Waals surface area contributed by atoms with Crippen LogP contribution < -0.4 is 0 Å². The van der Waals surface area contributed by atoms with Gasteiger partial charge < -0.3 is 0 Å². The van der Waals surface area contributed by atoms with Gasteiger partial charge in [-0.2, -0.15) is 0 Å². The van der Waals surface area contributed by atoms with Crippen LogP contribution in [0.1, 0.15) is 0 Å². The molecule has 0 saturated heterocycles. The zero-order valence-electron chi connectivity index (χ0n) is 7.72. The highest BCUT2D eigenvalue weighted by molar-refractivity contribution is 9.11. The molecule has 2 aromatic rings. The average Bonchev–Trinajstić information content (AvgIpc) is 2.25. The Labute approximate surface area is 119 Å². The van der Waals surface area contributed by atoms with Crippen LogP contribution in [0.15, 0.2) is 33.5 Å². The second kappa shape index (κ2) is 5.00. The lowest BCUT2D eigenvalue weighted by Gasteiger charge is -2.07. The van der Waals surface area contributed by atoms with Gasteiger partial charge >= 0.3 is 0 Å². The van der Waals surface area contributed by atoms with Gasteiger partial charge in [0.05, 0.1) is 0 Å². The lowest BCUT2D eigenvalue weighted by Crippen LogP contribution is -1.86. The number of hydrogen-bond donors (Lipinski definition) is 0. The molecule has 0 fully saturated rings. The minimum absolute atomic E-state index is 0.429. The Bertz CT molecular complexity index is 497. The lowest BCUT2D eigenvalue weighted by atomic mass is 10.1. The zero-order chi connectivity index (χ0) is 11.7. The summed E-state index contributed by atoms with van der Waals surface area (Å²) in [6.07, 6.45) is 3.30. The van der Waals surface area contributed by atoms with Crippen molar-refractivity contribution < 1.29 is 0 Å². The zero-order valence-corrected chi connectivity index (χ0v) is 12.4. The first-order valence-corrected chi connectivity index (χ1v) is 6.54. The van der Waals surface area contributed by atoms with E-state index in [2.05, 4.69) is 41.8 Å². The largest absolute Gasteiger partial charge is 0.243 e. The molecular formula is C10H4Br2Cl2N2. The van der Waals surface area contributed by atoms with E-state index in [-0.39, 0.29) is 0 Å². The number of nitrogens with zero attached hydrogens (tertiary/aromatic N) is 2. The molecule has 2 rings (SSSR count). The predicted molar refractivity (Wildman–Crippen MR) is 72.9 cm³/mol. The van der Waals surface area contributed by atoms with Crippen LogP contribution in [-0.2, 0) is 0 Å². The summed E-state index contributed by atoms with van der Waals surface area (Å²) in [5.41, 5.74) is 1.83. The van der Waals surface area contributed by atoms with Crippen LogP contribution in [0.4, 0.5) is 0 Å². The van der Waals surface area contributed by atoms with Gasteiger partial charge in [0, 0.05) is 32.5 Å². The minimum Gasteiger partial charge on any atom is -0.243 e. The van der Waals surface area contributed by atoms with Crippen molar-refractivity contribution in [1.29, 1.82) is 0 Å². The van der Waals surface area contributed by atoms with Gasteiger partial charge in [0.15, 0.2) is 0 Å². The summed E-state index contributed by atoms with van der Waals surface area (Å²) in [6.45, 7) is 0. The van der Waals surface area contributed by atoms with Gasteiger partial charge in [-0.15, -0.1) is 0 Å². The molecule has 0 aliphatic rings. The van der Waals surface area contributed by atoms with Gasteiger partial charge in [0.1, 0.15) is 10.3 Å². The van der Waals surface area contributed by atoms with Crippen molar-refractivity contribution in [2.45, 2.75) is 0 Å². The van der Waals surface area contributed by atoms with Crippen LogP contribution in [0.25, 0.3) is 11.1 Å². The Morgan fingerprint density at radius 1 is 0.812 bits per heavy atom. The van der Waals surface area contributed by atoms with Crippen LogP contribution in [0.5, 0.6) is 0 Å². The van der Waals surface area contributed by atoms with Gasteiger partial charge in [-0.05, 0) is 44.0 Å². The van der Waals surface area contributed by atoms with E-state index >= 15 is 0 Å². The maximum atomic E-state index is 5.86. The van der Waals surface area contributed by atoms with Crippen molar-refractivity contribution in [1.82, 2.24) is 9.97 Å². The van der Waals surface area contributed by atoms with Gasteiger partial charge in [-0.25, -0.2) is 9.97 Å². The Morgan fingerprint density at radius 2 is 1.19 bits per heavy atom. The topological polar surface area (TPSA) is 25.8 Å². The van der Waals surface area contributed by atoms with E-state index in [1.54, 1.807) is 24.5 Å². The molecule has 2 aromatic heterocycles. The van der Waals surface area contributed by atoms with E-state index in [0.29, 0.717) is 10.3 Å². The van der Waals surface area contributed by atoms with Crippen LogP contribution in [-0.4, -0.2) is 9.97 Å². The van der Waals surface area contributed by atoms with Crippen LogP contribution in [0.3, 0.4) is 0 Å².